The van der Waals surface area contributed by atoms with E-state index in [0.717, 1.165) is 28.1 Å². The van der Waals surface area contributed by atoms with Gasteiger partial charge in [0.05, 0.1) is 23.4 Å². The number of hydrogen-bond acceptors (Lipinski definition) is 5. The number of sulfonamides is 1. The Morgan fingerprint density at radius 2 is 1.74 bits per heavy atom. The molecule has 0 aliphatic rings. The lowest BCUT2D eigenvalue weighted by atomic mass is 10.2. The van der Waals surface area contributed by atoms with E-state index in [4.69, 9.17) is 4.74 Å². The first-order valence-corrected chi connectivity index (χ1v) is 12.1. The number of hydrazone groups is 1. The van der Waals surface area contributed by atoms with Crippen LogP contribution in [0.1, 0.15) is 24.5 Å². The Bertz CT molecular complexity index is 1240. The second-order valence-electron chi connectivity index (χ2n) is 7.49. The molecule has 178 valence electrons. The van der Waals surface area contributed by atoms with Crippen LogP contribution < -0.4 is 14.5 Å². The summed E-state index contributed by atoms with van der Waals surface area (Å²) in [5.41, 5.74) is 3.65. The normalized spacial score (nSPS) is 11.4. The summed E-state index contributed by atoms with van der Waals surface area (Å²) < 4.78 is 47.3. The molecule has 0 saturated carbocycles. The van der Waals surface area contributed by atoms with Gasteiger partial charge >= 0.3 is 0 Å². The van der Waals surface area contributed by atoms with Crippen molar-refractivity contribution >= 4 is 27.8 Å². The highest BCUT2D eigenvalue weighted by atomic mass is 32.2. The maximum Gasteiger partial charge on any atom is 0.264 e. The topological polar surface area (TPSA) is 88.1 Å². The molecular formula is C25H26FN3O4S. The highest BCUT2D eigenvalue weighted by Gasteiger charge is 2.29. The highest BCUT2D eigenvalue weighted by molar-refractivity contribution is 7.92. The standard InChI is InChI=1S/C25H26FN3O4S/c1-3-16-33-21-12-10-20(11-13-21)17-27-28-25(30)18-29(24-7-5-4-6-23(24)26)34(31,32)22-14-8-19(2)9-15-22/h4-15,17H,3,16,18H2,1-2H3,(H,28,30)/b27-17+. The Balaban J connectivity index is 1.76. The first-order valence-electron chi connectivity index (χ1n) is 10.7. The van der Waals surface area contributed by atoms with Gasteiger partial charge in [0.2, 0.25) is 0 Å². The van der Waals surface area contributed by atoms with E-state index in [-0.39, 0.29) is 10.6 Å². The van der Waals surface area contributed by atoms with Crippen molar-refractivity contribution in [3.8, 4) is 5.75 Å². The number of halogens is 1. The lowest BCUT2D eigenvalue weighted by Gasteiger charge is -2.24. The summed E-state index contributed by atoms with van der Waals surface area (Å²) >= 11 is 0. The molecular weight excluding hydrogens is 457 g/mol. The van der Waals surface area contributed by atoms with Crippen molar-refractivity contribution < 1.29 is 22.3 Å². The molecule has 0 aliphatic heterocycles. The van der Waals surface area contributed by atoms with E-state index in [2.05, 4.69) is 10.5 Å². The zero-order chi connectivity index (χ0) is 24.6. The van der Waals surface area contributed by atoms with Gasteiger partial charge in [-0.15, -0.1) is 0 Å². The van der Waals surface area contributed by atoms with Crippen molar-refractivity contribution in [2.75, 3.05) is 17.5 Å². The smallest absolute Gasteiger partial charge is 0.264 e. The first kappa shape index (κ1) is 24.9. The molecule has 1 amide bonds. The predicted octanol–water partition coefficient (Wildman–Crippen LogP) is 4.27. The number of carbonyl (C=O) groups excluding carboxylic acids is 1. The van der Waals surface area contributed by atoms with Crippen molar-refractivity contribution in [2.45, 2.75) is 25.2 Å². The van der Waals surface area contributed by atoms with Crippen LogP contribution in [0.2, 0.25) is 0 Å². The fourth-order valence-electron chi connectivity index (χ4n) is 3.01. The van der Waals surface area contributed by atoms with Gasteiger partial charge in [0.15, 0.2) is 0 Å². The highest BCUT2D eigenvalue weighted by Crippen LogP contribution is 2.26. The number of nitrogens with zero attached hydrogens (tertiary/aromatic N) is 2. The second-order valence-corrected chi connectivity index (χ2v) is 9.35. The summed E-state index contributed by atoms with van der Waals surface area (Å²) in [5.74, 6) is -0.761. The average molecular weight is 484 g/mol. The number of ether oxygens (including phenoxy) is 1. The number of benzene rings is 3. The van der Waals surface area contributed by atoms with Crippen LogP contribution in [-0.4, -0.2) is 33.7 Å². The number of amides is 1. The quantitative estimate of drug-likeness (QED) is 0.345. The minimum Gasteiger partial charge on any atom is -0.494 e. The molecule has 0 spiro atoms. The number of hydrogen-bond donors (Lipinski definition) is 1. The van der Waals surface area contributed by atoms with Crippen LogP contribution in [0.25, 0.3) is 0 Å². The van der Waals surface area contributed by atoms with Gasteiger partial charge in [-0.05, 0) is 67.4 Å². The van der Waals surface area contributed by atoms with E-state index in [9.17, 15) is 17.6 Å². The molecule has 0 saturated heterocycles. The van der Waals surface area contributed by atoms with Gasteiger partial charge in [0.25, 0.3) is 15.9 Å². The molecule has 0 bridgehead atoms. The molecule has 0 aromatic heterocycles. The molecule has 34 heavy (non-hydrogen) atoms. The zero-order valence-electron chi connectivity index (χ0n) is 18.9. The van der Waals surface area contributed by atoms with Crippen molar-refractivity contribution in [3.63, 3.8) is 0 Å². The van der Waals surface area contributed by atoms with Gasteiger partial charge in [-0.1, -0.05) is 36.8 Å². The van der Waals surface area contributed by atoms with Crippen LogP contribution in [0.4, 0.5) is 10.1 Å². The van der Waals surface area contributed by atoms with Gasteiger partial charge in [-0.3, -0.25) is 9.10 Å². The first-order chi connectivity index (χ1) is 16.3. The van der Waals surface area contributed by atoms with Gasteiger partial charge in [0, 0.05) is 0 Å². The monoisotopic (exact) mass is 483 g/mol. The summed E-state index contributed by atoms with van der Waals surface area (Å²) in [4.78, 5) is 12.5. The summed E-state index contributed by atoms with van der Waals surface area (Å²) in [5, 5.41) is 3.89. The minimum absolute atomic E-state index is 0.0527. The van der Waals surface area contributed by atoms with Crippen molar-refractivity contribution in [1.82, 2.24) is 5.43 Å². The lowest BCUT2D eigenvalue weighted by molar-refractivity contribution is -0.119. The molecule has 0 fully saturated rings. The third-order valence-corrected chi connectivity index (χ3v) is 6.55. The van der Waals surface area contributed by atoms with Crippen LogP contribution in [0.3, 0.4) is 0 Å². The third kappa shape index (κ3) is 6.41. The Kier molecular flexibility index (Phi) is 8.37. The number of aryl methyl sites for hydroxylation is 1. The molecule has 0 radical (unpaired) electrons. The summed E-state index contributed by atoms with van der Waals surface area (Å²) in [6, 6.07) is 18.6. The summed E-state index contributed by atoms with van der Waals surface area (Å²) in [6.07, 6.45) is 2.32. The molecule has 3 aromatic rings. The summed E-state index contributed by atoms with van der Waals surface area (Å²) in [7, 11) is -4.21. The third-order valence-electron chi connectivity index (χ3n) is 4.77. The molecule has 3 rings (SSSR count). The van der Waals surface area contributed by atoms with Crippen LogP contribution in [0.15, 0.2) is 82.8 Å². The Labute approximate surface area is 198 Å². The van der Waals surface area contributed by atoms with E-state index in [1.165, 1.54) is 36.5 Å². The SMILES string of the molecule is CCCOc1ccc(/C=N/NC(=O)CN(c2ccccc2F)S(=O)(=O)c2ccc(C)cc2)cc1. The maximum absolute atomic E-state index is 14.5. The Morgan fingerprint density at radius 1 is 1.06 bits per heavy atom. The van der Waals surface area contributed by atoms with Crippen LogP contribution >= 0.6 is 0 Å². The molecule has 9 heteroatoms. The van der Waals surface area contributed by atoms with Gasteiger partial charge in [0.1, 0.15) is 18.1 Å². The zero-order valence-corrected chi connectivity index (χ0v) is 19.8. The molecule has 7 nitrogen and oxygen atoms in total. The van der Waals surface area contributed by atoms with E-state index >= 15 is 0 Å². The van der Waals surface area contributed by atoms with Gasteiger partial charge in [-0.25, -0.2) is 18.2 Å². The average Bonchev–Trinajstić information content (AvgIpc) is 2.83. The van der Waals surface area contributed by atoms with E-state index in [0.29, 0.717) is 12.2 Å². The fraction of sp³-hybridized carbons (Fsp3) is 0.200. The van der Waals surface area contributed by atoms with E-state index in [1.54, 1.807) is 36.4 Å². The largest absolute Gasteiger partial charge is 0.494 e. The number of rotatable bonds is 10. The van der Waals surface area contributed by atoms with Crippen LogP contribution in [0, 0.1) is 12.7 Å². The maximum atomic E-state index is 14.5. The van der Waals surface area contributed by atoms with Crippen molar-refractivity contribution in [2.24, 2.45) is 5.10 Å². The van der Waals surface area contributed by atoms with Crippen LogP contribution in [-0.2, 0) is 14.8 Å². The number of para-hydroxylation sites is 1. The number of carbonyl (C=O) groups is 1. The predicted molar refractivity (Wildman–Crippen MR) is 130 cm³/mol. The van der Waals surface area contributed by atoms with Crippen molar-refractivity contribution in [1.29, 1.82) is 0 Å². The van der Waals surface area contributed by atoms with Gasteiger partial charge < -0.3 is 4.74 Å². The number of nitrogens with one attached hydrogen (secondary N) is 1. The second kappa shape index (κ2) is 11.4. The summed E-state index contributed by atoms with van der Waals surface area (Å²) in [6.45, 7) is 3.80. The minimum atomic E-state index is -4.21. The number of anilines is 1. The Hall–Kier alpha value is -3.72. The van der Waals surface area contributed by atoms with E-state index < -0.39 is 28.3 Å². The molecule has 0 atom stereocenters. The van der Waals surface area contributed by atoms with Gasteiger partial charge in [-0.2, -0.15) is 5.10 Å². The Morgan fingerprint density at radius 3 is 2.38 bits per heavy atom. The fourth-order valence-corrected chi connectivity index (χ4v) is 4.43. The molecule has 0 heterocycles. The van der Waals surface area contributed by atoms with E-state index in [1.807, 2.05) is 13.8 Å². The lowest BCUT2D eigenvalue weighted by Crippen LogP contribution is -2.40. The molecule has 0 unspecified atom stereocenters. The van der Waals surface area contributed by atoms with Crippen LogP contribution in [0.5, 0.6) is 5.75 Å². The molecule has 0 aliphatic carbocycles. The van der Waals surface area contributed by atoms with Crippen molar-refractivity contribution in [3.05, 3.63) is 89.7 Å². The molecule has 1 N–H and O–H groups in total. The molecule has 3 aromatic carbocycles.